The molecule has 2 rings (SSSR count). The Labute approximate surface area is 112 Å². The number of nitrogens with one attached hydrogen (secondary N) is 1. The maximum Gasteiger partial charge on any atom is 0.335 e. The summed E-state index contributed by atoms with van der Waals surface area (Å²) in [4.78, 5) is 10.7. The van der Waals surface area contributed by atoms with Crippen molar-refractivity contribution in [1.82, 2.24) is 0 Å². The van der Waals surface area contributed by atoms with Crippen LogP contribution in [0.2, 0.25) is 0 Å². The van der Waals surface area contributed by atoms with Crippen LogP contribution in [0.3, 0.4) is 0 Å². The SMILES string of the molecule is Cc1cccc(CCNc2ccc(C(=O)O)cc2)c1. The lowest BCUT2D eigenvalue weighted by Gasteiger charge is -2.07. The Kier molecular flexibility index (Phi) is 4.18. The highest BCUT2D eigenvalue weighted by atomic mass is 16.4. The summed E-state index contributed by atoms with van der Waals surface area (Å²) in [5, 5.41) is 12.1. The van der Waals surface area contributed by atoms with Gasteiger partial charge in [0.25, 0.3) is 0 Å². The standard InChI is InChI=1S/C16H17NO2/c1-12-3-2-4-13(11-12)9-10-17-15-7-5-14(6-8-15)16(18)19/h2-8,11,17H,9-10H2,1H3,(H,18,19). The molecule has 98 valence electrons. The lowest BCUT2D eigenvalue weighted by Crippen LogP contribution is -2.05. The van der Waals surface area contributed by atoms with Gasteiger partial charge in [0, 0.05) is 12.2 Å². The van der Waals surface area contributed by atoms with Gasteiger partial charge >= 0.3 is 5.97 Å². The fraction of sp³-hybridized carbons (Fsp3) is 0.188. The van der Waals surface area contributed by atoms with E-state index in [9.17, 15) is 4.79 Å². The number of carbonyl (C=O) groups is 1. The zero-order valence-electron chi connectivity index (χ0n) is 10.9. The summed E-state index contributed by atoms with van der Waals surface area (Å²) in [5.74, 6) is -0.897. The van der Waals surface area contributed by atoms with E-state index in [4.69, 9.17) is 5.11 Å². The Morgan fingerprint density at radius 3 is 2.53 bits per heavy atom. The minimum atomic E-state index is -0.897. The van der Waals surface area contributed by atoms with Gasteiger partial charge in [-0.1, -0.05) is 29.8 Å². The van der Waals surface area contributed by atoms with Crippen molar-refractivity contribution in [3.8, 4) is 0 Å². The Hall–Kier alpha value is -2.29. The van der Waals surface area contributed by atoms with Gasteiger partial charge in [-0.05, 0) is 43.2 Å². The van der Waals surface area contributed by atoms with E-state index in [0.29, 0.717) is 5.56 Å². The zero-order chi connectivity index (χ0) is 13.7. The van der Waals surface area contributed by atoms with Crippen LogP contribution in [0, 0.1) is 6.92 Å². The van der Waals surface area contributed by atoms with Crippen LogP contribution in [0.5, 0.6) is 0 Å². The molecule has 2 N–H and O–H groups in total. The highest BCUT2D eigenvalue weighted by Gasteiger charge is 2.01. The first-order chi connectivity index (χ1) is 9.15. The van der Waals surface area contributed by atoms with Crippen molar-refractivity contribution < 1.29 is 9.90 Å². The normalized spacial score (nSPS) is 10.2. The molecule has 0 fully saturated rings. The van der Waals surface area contributed by atoms with Crippen LogP contribution in [0.15, 0.2) is 48.5 Å². The number of benzene rings is 2. The quantitative estimate of drug-likeness (QED) is 0.861. The molecule has 0 saturated carbocycles. The molecule has 0 aromatic heterocycles. The van der Waals surface area contributed by atoms with E-state index in [1.165, 1.54) is 11.1 Å². The molecular weight excluding hydrogens is 238 g/mol. The van der Waals surface area contributed by atoms with Crippen molar-refractivity contribution >= 4 is 11.7 Å². The first-order valence-electron chi connectivity index (χ1n) is 6.28. The molecule has 0 aliphatic rings. The summed E-state index contributed by atoms with van der Waals surface area (Å²) in [6.07, 6.45) is 0.947. The van der Waals surface area contributed by atoms with Gasteiger partial charge in [0.05, 0.1) is 5.56 Å². The summed E-state index contributed by atoms with van der Waals surface area (Å²) in [6, 6.07) is 15.2. The predicted molar refractivity (Wildman–Crippen MR) is 76.8 cm³/mol. The molecule has 0 spiro atoms. The van der Waals surface area contributed by atoms with Crippen LogP contribution < -0.4 is 5.32 Å². The second-order valence-corrected chi connectivity index (χ2v) is 4.55. The Morgan fingerprint density at radius 2 is 1.89 bits per heavy atom. The molecule has 0 radical (unpaired) electrons. The maximum atomic E-state index is 10.7. The van der Waals surface area contributed by atoms with Gasteiger partial charge in [0.15, 0.2) is 0 Å². The number of anilines is 1. The molecule has 0 aliphatic heterocycles. The molecule has 0 unspecified atom stereocenters. The molecule has 2 aromatic rings. The predicted octanol–water partition coefficient (Wildman–Crippen LogP) is 3.35. The highest BCUT2D eigenvalue weighted by molar-refractivity contribution is 5.87. The summed E-state index contributed by atoms with van der Waals surface area (Å²) < 4.78 is 0. The molecule has 0 saturated heterocycles. The van der Waals surface area contributed by atoms with E-state index in [1.54, 1.807) is 24.3 Å². The number of aromatic carboxylic acids is 1. The molecule has 2 aromatic carbocycles. The van der Waals surface area contributed by atoms with E-state index in [2.05, 4.69) is 36.5 Å². The second-order valence-electron chi connectivity index (χ2n) is 4.55. The average molecular weight is 255 g/mol. The average Bonchev–Trinajstić information content (AvgIpc) is 2.39. The fourth-order valence-corrected chi connectivity index (χ4v) is 1.95. The Balaban J connectivity index is 1.87. The fourth-order valence-electron chi connectivity index (χ4n) is 1.95. The summed E-state index contributed by atoms with van der Waals surface area (Å²) in [7, 11) is 0. The summed E-state index contributed by atoms with van der Waals surface area (Å²) >= 11 is 0. The van der Waals surface area contributed by atoms with Crippen molar-refractivity contribution in [2.24, 2.45) is 0 Å². The van der Waals surface area contributed by atoms with E-state index < -0.39 is 5.97 Å². The van der Waals surface area contributed by atoms with E-state index >= 15 is 0 Å². The number of rotatable bonds is 5. The van der Waals surface area contributed by atoms with Crippen LogP contribution in [-0.4, -0.2) is 17.6 Å². The first kappa shape index (κ1) is 13.1. The molecule has 0 atom stereocenters. The lowest BCUT2D eigenvalue weighted by atomic mass is 10.1. The molecule has 0 amide bonds. The number of hydrogen-bond acceptors (Lipinski definition) is 2. The van der Waals surface area contributed by atoms with Gasteiger partial charge in [-0.15, -0.1) is 0 Å². The van der Waals surface area contributed by atoms with Crippen LogP contribution in [0.4, 0.5) is 5.69 Å². The van der Waals surface area contributed by atoms with Gasteiger partial charge in [-0.2, -0.15) is 0 Å². The first-order valence-corrected chi connectivity index (χ1v) is 6.28. The molecule has 0 heterocycles. The number of carboxylic acid groups (broad SMARTS) is 1. The van der Waals surface area contributed by atoms with Crippen molar-refractivity contribution in [2.75, 3.05) is 11.9 Å². The van der Waals surface area contributed by atoms with Gasteiger partial charge < -0.3 is 10.4 Å². The third-order valence-corrected chi connectivity index (χ3v) is 2.96. The molecular formula is C16H17NO2. The third kappa shape index (κ3) is 3.85. The second kappa shape index (κ2) is 6.05. The molecule has 0 bridgehead atoms. The minimum absolute atomic E-state index is 0.309. The van der Waals surface area contributed by atoms with Gasteiger partial charge in [-0.25, -0.2) is 4.79 Å². The lowest BCUT2D eigenvalue weighted by molar-refractivity contribution is 0.0697. The van der Waals surface area contributed by atoms with E-state index in [0.717, 1.165) is 18.7 Å². The molecule has 19 heavy (non-hydrogen) atoms. The number of carboxylic acids is 1. The highest BCUT2D eigenvalue weighted by Crippen LogP contribution is 2.10. The van der Waals surface area contributed by atoms with Crippen molar-refractivity contribution in [2.45, 2.75) is 13.3 Å². The van der Waals surface area contributed by atoms with Crippen LogP contribution in [-0.2, 0) is 6.42 Å². The van der Waals surface area contributed by atoms with Gasteiger partial charge in [0.2, 0.25) is 0 Å². The topological polar surface area (TPSA) is 49.3 Å². The van der Waals surface area contributed by atoms with Crippen molar-refractivity contribution in [1.29, 1.82) is 0 Å². The summed E-state index contributed by atoms with van der Waals surface area (Å²) in [5.41, 5.74) is 3.82. The van der Waals surface area contributed by atoms with Crippen molar-refractivity contribution in [3.05, 3.63) is 65.2 Å². The smallest absolute Gasteiger partial charge is 0.335 e. The Morgan fingerprint density at radius 1 is 1.16 bits per heavy atom. The van der Waals surface area contributed by atoms with Gasteiger partial charge in [-0.3, -0.25) is 0 Å². The number of hydrogen-bond donors (Lipinski definition) is 2. The van der Waals surface area contributed by atoms with Crippen LogP contribution in [0.25, 0.3) is 0 Å². The van der Waals surface area contributed by atoms with Crippen LogP contribution in [0.1, 0.15) is 21.5 Å². The van der Waals surface area contributed by atoms with Crippen molar-refractivity contribution in [3.63, 3.8) is 0 Å². The minimum Gasteiger partial charge on any atom is -0.478 e. The number of aryl methyl sites for hydroxylation is 1. The molecule has 0 aliphatic carbocycles. The third-order valence-electron chi connectivity index (χ3n) is 2.96. The monoisotopic (exact) mass is 255 g/mol. The van der Waals surface area contributed by atoms with Gasteiger partial charge in [0.1, 0.15) is 0 Å². The summed E-state index contributed by atoms with van der Waals surface area (Å²) in [6.45, 7) is 2.91. The molecule has 3 nitrogen and oxygen atoms in total. The Bertz CT molecular complexity index is 561. The van der Waals surface area contributed by atoms with E-state index in [-0.39, 0.29) is 0 Å². The van der Waals surface area contributed by atoms with Crippen LogP contribution >= 0.6 is 0 Å². The molecule has 3 heteroatoms. The largest absolute Gasteiger partial charge is 0.478 e. The van der Waals surface area contributed by atoms with E-state index in [1.807, 2.05) is 0 Å². The zero-order valence-corrected chi connectivity index (χ0v) is 10.9. The maximum absolute atomic E-state index is 10.7.